The van der Waals surface area contributed by atoms with Gasteiger partial charge in [-0.15, -0.1) is 6.42 Å². The summed E-state index contributed by atoms with van der Waals surface area (Å²) in [4.78, 5) is 11.3. The molecule has 0 spiro atoms. The van der Waals surface area contributed by atoms with Gasteiger partial charge in [0.2, 0.25) is 5.91 Å². The maximum absolute atomic E-state index is 11.3. The first-order valence-corrected chi connectivity index (χ1v) is 5.39. The monoisotopic (exact) mass is 229 g/mol. The maximum Gasteiger partial charge on any atom is 0.244 e. The number of rotatable bonds is 5. The number of nitrogens with one attached hydrogen (secondary N) is 1. The molecule has 1 rings (SSSR count). The summed E-state index contributed by atoms with van der Waals surface area (Å²) in [5.74, 6) is 2.88. The molecule has 0 saturated heterocycles. The molecule has 1 N–H and O–H groups in total. The average molecular weight is 229 g/mol. The van der Waals surface area contributed by atoms with Crippen LogP contribution in [0.5, 0.6) is 5.75 Å². The molecule has 3 heteroatoms. The number of hydrogen-bond acceptors (Lipinski definition) is 2. The molecular formula is C14H15NO2. The summed E-state index contributed by atoms with van der Waals surface area (Å²) in [5.41, 5.74) is 0.866. The van der Waals surface area contributed by atoms with Crippen molar-refractivity contribution in [2.45, 2.75) is 6.92 Å². The van der Waals surface area contributed by atoms with Gasteiger partial charge in [0.1, 0.15) is 5.75 Å². The highest BCUT2D eigenvalue weighted by Gasteiger charge is 1.99. The van der Waals surface area contributed by atoms with E-state index in [1.807, 2.05) is 31.2 Å². The molecule has 0 saturated carbocycles. The molecule has 0 bridgehead atoms. The summed E-state index contributed by atoms with van der Waals surface area (Å²) in [6.45, 7) is 2.74. The summed E-state index contributed by atoms with van der Waals surface area (Å²) < 4.78 is 5.44. The first kappa shape index (κ1) is 12.9. The molecule has 0 radical (unpaired) electrons. The summed E-state index contributed by atoms with van der Waals surface area (Å²) >= 11 is 0. The van der Waals surface area contributed by atoms with Crippen LogP contribution in [0.15, 0.2) is 30.3 Å². The van der Waals surface area contributed by atoms with Crippen molar-refractivity contribution in [3.63, 3.8) is 0 Å². The van der Waals surface area contributed by atoms with E-state index in [4.69, 9.17) is 11.2 Å². The Kier molecular flexibility index (Phi) is 5.39. The van der Waals surface area contributed by atoms with Crippen molar-refractivity contribution in [1.82, 2.24) is 5.32 Å². The van der Waals surface area contributed by atoms with Gasteiger partial charge in [-0.3, -0.25) is 4.79 Å². The fourth-order valence-electron chi connectivity index (χ4n) is 1.27. The molecule has 1 aromatic rings. The number of amides is 1. The van der Waals surface area contributed by atoms with Crippen LogP contribution in [0.2, 0.25) is 0 Å². The third-order valence-corrected chi connectivity index (χ3v) is 2.00. The van der Waals surface area contributed by atoms with E-state index < -0.39 is 0 Å². The lowest BCUT2D eigenvalue weighted by Gasteiger charge is -2.05. The van der Waals surface area contributed by atoms with Crippen LogP contribution >= 0.6 is 0 Å². The first-order valence-electron chi connectivity index (χ1n) is 5.39. The van der Waals surface area contributed by atoms with Crippen molar-refractivity contribution in [1.29, 1.82) is 0 Å². The number of benzene rings is 1. The second-order valence-electron chi connectivity index (χ2n) is 3.23. The third kappa shape index (κ3) is 4.43. The van der Waals surface area contributed by atoms with Gasteiger partial charge in [-0.05, 0) is 19.1 Å². The SMILES string of the molecule is C#CCNC(=O)C=Cc1ccccc1OCC. The topological polar surface area (TPSA) is 38.3 Å². The Morgan fingerprint density at radius 3 is 3.00 bits per heavy atom. The van der Waals surface area contributed by atoms with Crippen LogP contribution < -0.4 is 10.1 Å². The quantitative estimate of drug-likeness (QED) is 0.618. The Balaban J connectivity index is 2.70. The van der Waals surface area contributed by atoms with Gasteiger partial charge in [-0.2, -0.15) is 0 Å². The van der Waals surface area contributed by atoms with Gasteiger partial charge in [-0.25, -0.2) is 0 Å². The van der Waals surface area contributed by atoms with E-state index in [0.29, 0.717) is 6.61 Å². The van der Waals surface area contributed by atoms with Crippen molar-refractivity contribution in [3.05, 3.63) is 35.9 Å². The van der Waals surface area contributed by atoms with Crippen molar-refractivity contribution in [3.8, 4) is 18.1 Å². The molecule has 0 aliphatic heterocycles. The largest absolute Gasteiger partial charge is 0.493 e. The molecular weight excluding hydrogens is 214 g/mol. The minimum atomic E-state index is -0.214. The van der Waals surface area contributed by atoms with Crippen molar-refractivity contribution < 1.29 is 9.53 Å². The molecule has 17 heavy (non-hydrogen) atoms. The fourth-order valence-corrected chi connectivity index (χ4v) is 1.27. The normalized spacial score (nSPS) is 9.88. The van der Waals surface area contributed by atoms with Gasteiger partial charge in [0, 0.05) is 11.6 Å². The maximum atomic E-state index is 11.3. The summed E-state index contributed by atoms with van der Waals surface area (Å²) in [6.07, 6.45) is 8.18. The standard InChI is InChI=1S/C14H15NO2/c1-3-11-15-14(16)10-9-12-7-5-6-8-13(12)17-4-2/h1,5-10H,4,11H2,2H3,(H,15,16). The van der Waals surface area contributed by atoms with Crippen LogP contribution in [0, 0.1) is 12.3 Å². The van der Waals surface area contributed by atoms with Crippen molar-refractivity contribution in [2.24, 2.45) is 0 Å². The Hall–Kier alpha value is -2.21. The van der Waals surface area contributed by atoms with Crippen LogP contribution in [0.25, 0.3) is 6.08 Å². The van der Waals surface area contributed by atoms with Crippen LogP contribution in [0.1, 0.15) is 12.5 Å². The third-order valence-electron chi connectivity index (χ3n) is 2.00. The zero-order valence-corrected chi connectivity index (χ0v) is 9.77. The van der Waals surface area contributed by atoms with Gasteiger partial charge in [0.05, 0.1) is 13.2 Å². The van der Waals surface area contributed by atoms with Crippen LogP contribution in [-0.4, -0.2) is 19.1 Å². The van der Waals surface area contributed by atoms with Crippen LogP contribution in [-0.2, 0) is 4.79 Å². The van der Waals surface area contributed by atoms with E-state index in [-0.39, 0.29) is 12.5 Å². The second-order valence-corrected chi connectivity index (χ2v) is 3.23. The summed E-state index contributed by atoms with van der Waals surface area (Å²) in [6, 6.07) is 7.53. The lowest BCUT2D eigenvalue weighted by atomic mass is 10.2. The molecule has 0 aromatic heterocycles. The molecule has 1 amide bonds. The lowest BCUT2D eigenvalue weighted by molar-refractivity contribution is -0.116. The number of carbonyl (C=O) groups is 1. The Morgan fingerprint density at radius 1 is 1.53 bits per heavy atom. The van der Waals surface area contributed by atoms with Crippen LogP contribution in [0.3, 0.4) is 0 Å². The highest BCUT2D eigenvalue weighted by molar-refractivity contribution is 5.92. The van der Waals surface area contributed by atoms with Crippen molar-refractivity contribution >= 4 is 12.0 Å². The number of para-hydroxylation sites is 1. The Bertz CT molecular complexity index is 444. The second kappa shape index (κ2) is 7.13. The summed E-state index contributed by atoms with van der Waals surface area (Å²) in [5, 5.41) is 2.55. The van der Waals surface area contributed by atoms with Crippen LogP contribution in [0.4, 0.5) is 0 Å². The van der Waals surface area contributed by atoms with E-state index in [2.05, 4.69) is 11.2 Å². The molecule has 0 fully saturated rings. The van der Waals surface area contributed by atoms with Gasteiger partial charge >= 0.3 is 0 Å². The highest BCUT2D eigenvalue weighted by Crippen LogP contribution is 2.19. The summed E-state index contributed by atoms with van der Waals surface area (Å²) in [7, 11) is 0. The number of ether oxygens (including phenoxy) is 1. The van der Waals surface area contributed by atoms with E-state index in [1.54, 1.807) is 6.08 Å². The minimum Gasteiger partial charge on any atom is -0.493 e. The van der Waals surface area contributed by atoms with E-state index in [9.17, 15) is 4.79 Å². The zero-order chi connectivity index (χ0) is 12.5. The smallest absolute Gasteiger partial charge is 0.244 e. The molecule has 3 nitrogen and oxygen atoms in total. The fraction of sp³-hybridized carbons (Fsp3) is 0.214. The van der Waals surface area contributed by atoms with Crippen molar-refractivity contribution in [2.75, 3.05) is 13.2 Å². The zero-order valence-electron chi connectivity index (χ0n) is 9.77. The average Bonchev–Trinajstić information content (AvgIpc) is 2.35. The predicted octanol–water partition coefficient (Wildman–Crippen LogP) is 1.85. The molecule has 0 aliphatic rings. The number of terminal acetylenes is 1. The molecule has 0 aliphatic carbocycles. The van der Waals surface area contributed by atoms with E-state index in [1.165, 1.54) is 6.08 Å². The Morgan fingerprint density at radius 2 is 2.29 bits per heavy atom. The van der Waals surface area contributed by atoms with Gasteiger partial charge in [0.15, 0.2) is 0 Å². The molecule has 0 atom stereocenters. The highest BCUT2D eigenvalue weighted by atomic mass is 16.5. The Labute approximate surface area is 101 Å². The number of carbonyl (C=O) groups excluding carboxylic acids is 1. The lowest BCUT2D eigenvalue weighted by Crippen LogP contribution is -2.20. The van der Waals surface area contributed by atoms with Gasteiger partial charge in [0.25, 0.3) is 0 Å². The molecule has 0 heterocycles. The molecule has 88 valence electrons. The molecule has 1 aromatic carbocycles. The minimum absolute atomic E-state index is 0.214. The van der Waals surface area contributed by atoms with E-state index in [0.717, 1.165) is 11.3 Å². The molecule has 0 unspecified atom stereocenters. The van der Waals surface area contributed by atoms with Gasteiger partial charge < -0.3 is 10.1 Å². The van der Waals surface area contributed by atoms with Gasteiger partial charge in [-0.1, -0.05) is 24.1 Å². The first-order chi connectivity index (χ1) is 8.27. The predicted molar refractivity (Wildman–Crippen MR) is 68.5 cm³/mol. The van der Waals surface area contributed by atoms with E-state index >= 15 is 0 Å². The number of hydrogen-bond donors (Lipinski definition) is 1.